The van der Waals surface area contributed by atoms with E-state index in [0.29, 0.717) is 29.1 Å². The van der Waals surface area contributed by atoms with E-state index in [4.69, 9.17) is 11.6 Å². The zero-order valence-electron chi connectivity index (χ0n) is 23.2. The van der Waals surface area contributed by atoms with Gasteiger partial charge in [-0.1, -0.05) is 81.6 Å². The molecule has 0 radical (unpaired) electrons. The van der Waals surface area contributed by atoms with Gasteiger partial charge in [-0.2, -0.15) is 0 Å². The minimum absolute atomic E-state index is 0.101. The first-order valence-corrected chi connectivity index (χ1v) is 14.4. The summed E-state index contributed by atoms with van der Waals surface area (Å²) in [5.41, 5.74) is 4.44. The van der Waals surface area contributed by atoms with Crippen LogP contribution in [0.3, 0.4) is 0 Å². The molecule has 39 heavy (non-hydrogen) atoms. The van der Waals surface area contributed by atoms with E-state index >= 15 is 0 Å². The highest BCUT2D eigenvalue weighted by Gasteiger charge is 2.29. The van der Waals surface area contributed by atoms with Gasteiger partial charge in [-0.05, 0) is 78.5 Å². The van der Waals surface area contributed by atoms with Crippen LogP contribution >= 0.6 is 11.6 Å². The number of hydrogen-bond acceptors (Lipinski definition) is 2. The number of carbonyl (C=O) groups is 1. The summed E-state index contributed by atoms with van der Waals surface area (Å²) < 4.78 is 27.6. The maximum Gasteiger partial charge on any atom is 0.256 e. The van der Waals surface area contributed by atoms with Gasteiger partial charge < -0.3 is 10.2 Å². The Kier molecular flexibility index (Phi) is 9.66. The summed E-state index contributed by atoms with van der Waals surface area (Å²) in [4.78, 5) is 16.3. The summed E-state index contributed by atoms with van der Waals surface area (Å²) in [6.07, 6.45) is 6.20. The van der Waals surface area contributed by atoms with E-state index < -0.39 is 11.6 Å². The molecule has 0 spiro atoms. The Labute approximate surface area is 236 Å². The highest BCUT2D eigenvalue weighted by molar-refractivity contribution is 6.31. The van der Waals surface area contributed by atoms with Crippen molar-refractivity contribution < 1.29 is 13.6 Å². The van der Waals surface area contributed by atoms with Crippen molar-refractivity contribution in [3.8, 4) is 0 Å². The van der Waals surface area contributed by atoms with Gasteiger partial charge in [-0.3, -0.25) is 4.79 Å². The van der Waals surface area contributed by atoms with Crippen LogP contribution < -0.4 is 5.32 Å². The van der Waals surface area contributed by atoms with Gasteiger partial charge in [-0.15, -0.1) is 0 Å². The molecule has 0 saturated carbocycles. The molecule has 1 amide bonds. The molecule has 0 aliphatic carbocycles. The lowest BCUT2D eigenvalue weighted by Gasteiger charge is -2.34. The predicted molar refractivity (Wildman–Crippen MR) is 156 cm³/mol. The number of anilines is 1. The summed E-state index contributed by atoms with van der Waals surface area (Å²) in [6.45, 7) is 7.90. The van der Waals surface area contributed by atoms with Crippen LogP contribution in [0, 0.1) is 17.0 Å². The van der Waals surface area contributed by atoms with E-state index in [9.17, 15) is 13.6 Å². The van der Waals surface area contributed by atoms with Gasteiger partial charge >= 0.3 is 0 Å². The molecule has 1 N–H and O–H groups in total. The zero-order valence-corrected chi connectivity index (χ0v) is 24.0. The van der Waals surface area contributed by atoms with Crippen molar-refractivity contribution in [1.82, 2.24) is 4.90 Å². The molecule has 3 nitrogen and oxygen atoms in total. The van der Waals surface area contributed by atoms with Crippen LogP contribution in [0.25, 0.3) is 0 Å². The SMILES string of the molecule is CC(C)(C)CCCCC(c1ccccc1)N(CCc1ccc(F)c(F)c1)C(=O)c1cc(Cl)cc2c1NCCC2. The molecular weight excluding hydrogens is 514 g/mol. The maximum atomic E-state index is 14.4. The van der Waals surface area contributed by atoms with Gasteiger partial charge in [0.05, 0.1) is 17.3 Å². The van der Waals surface area contributed by atoms with Gasteiger partial charge in [0.25, 0.3) is 5.91 Å². The summed E-state index contributed by atoms with van der Waals surface area (Å²) >= 11 is 6.50. The quantitative estimate of drug-likeness (QED) is 0.254. The molecule has 0 bridgehead atoms. The lowest BCUT2D eigenvalue weighted by molar-refractivity contribution is 0.0665. The van der Waals surface area contributed by atoms with Gasteiger partial charge in [0.15, 0.2) is 11.6 Å². The Balaban J connectivity index is 1.70. The van der Waals surface area contributed by atoms with Crippen molar-refractivity contribution in [3.05, 3.63) is 99.6 Å². The molecule has 1 unspecified atom stereocenters. The molecule has 3 aromatic carbocycles. The maximum absolute atomic E-state index is 14.4. The number of unbranched alkanes of at least 4 members (excludes halogenated alkanes) is 1. The topological polar surface area (TPSA) is 32.3 Å². The molecule has 1 atom stereocenters. The lowest BCUT2D eigenvalue weighted by atomic mass is 9.88. The average Bonchev–Trinajstić information content (AvgIpc) is 2.91. The number of rotatable bonds is 10. The van der Waals surface area contributed by atoms with Gasteiger partial charge in [0.1, 0.15) is 0 Å². The third-order valence-corrected chi connectivity index (χ3v) is 7.66. The third-order valence-electron chi connectivity index (χ3n) is 7.44. The molecule has 1 aliphatic rings. The zero-order chi connectivity index (χ0) is 28.0. The largest absolute Gasteiger partial charge is 0.384 e. The van der Waals surface area contributed by atoms with Crippen LogP contribution in [-0.4, -0.2) is 23.9 Å². The van der Waals surface area contributed by atoms with Crippen molar-refractivity contribution in [1.29, 1.82) is 0 Å². The predicted octanol–water partition coefficient (Wildman–Crippen LogP) is 9.01. The molecular formula is C33H39ClF2N2O. The monoisotopic (exact) mass is 552 g/mol. The highest BCUT2D eigenvalue weighted by Crippen LogP contribution is 2.35. The van der Waals surface area contributed by atoms with Gasteiger partial charge in [-0.25, -0.2) is 8.78 Å². The number of aryl methyl sites for hydroxylation is 1. The molecule has 0 fully saturated rings. The van der Waals surface area contributed by atoms with E-state index in [1.165, 1.54) is 6.07 Å². The molecule has 1 heterocycles. The van der Waals surface area contributed by atoms with Gasteiger partial charge in [0, 0.05) is 18.1 Å². The number of nitrogens with zero attached hydrogens (tertiary/aromatic N) is 1. The average molecular weight is 553 g/mol. The standard InChI is InChI=1S/C33H39ClF2N2O/c1-33(2,3)17-8-7-13-30(24-10-5-4-6-11-24)38(19-16-23-14-15-28(35)29(36)20-23)32(39)27-22-26(34)21-25-12-9-18-37-31(25)27/h4-6,10-11,14-15,20-22,30,37H,7-9,12-13,16-19H2,1-3H3. The normalized spacial score (nSPS) is 13.9. The van der Waals surface area contributed by atoms with Crippen LogP contribution in [0.2, 0.25) is 5.02 Å². The summed E-state index contributed by atoms with van der Waals surface area (Å²) in [5.74, 6) is -1.85. The van der Waals surface area contributed by atoms with E-state index in [2.05, 4.69) is 38.2 Å². The second-order valence-corrected chi connectivity index (χ2v) is 12.2. The highest BCUT2D eigenvalue weighted by atomic mass is 35.5. The Morgan fingerprint density at radius 1 is 1.03 bits per heavy atom. The number of benzene rings is 3. The fourth-order valence-electron chi connectivity index (χ4n) is 5.40. The number of carbonyl (C=O) groups excluding carboxylic acids is 1. The smallest absolute Gasteiger partial charge is 0.256 e. The Bertz CT molecular complexity index is 1270. The molecule has 1 aliphatic heterocycles. The fourth-order valence-corrected chi connectivity index (χ4v) is 5.64. The third kappa shape index (κ3) is 7.82. The van der Waals surface area contributed by atoms with Crippen LogP contribution in [0.5, 0.6) is 0 Å². The summed E-state index contributed by atoms with van der Waals surface area (Å²) in [7, 11) is 0. The molecule has 0 aromatic heterocycles. The van der Waals surface area contributed by atoms with Crippen molar-refractivity contribution in [2.75, 3.05) is 18.4 Å². The Morgan fingerprint density at radius 2 is 1.79 bits per heavy atom. The minimum atomic E-state index is -0.875. The molecule has 3 aromatic rings. The van der Waals surface area contributed by atoms with Crippen LogP contribution in [0.4, 0.5) is 14.5 Å². The van der Waals surface area contributed by atoms with Crippen molar-refractivity contribution in [2.24, 2.45) is 5.41 Å². The van der Waals surface area contributed by atoms with E-state index in [1.807, 2.05) is 29.2 Å². The summed E-state index contributed by atoms with van der Waals surface area (Å²) in [5, 5.41) is 3.98. The number of halogens is 3. The van der Waals surface area contributed by atoms with Gasteiger partial charge in [0.2, 0.25) is 0 Å². The van der Waals surface area contributed by atoms with Crippen molar-refractivity contribution in [2.45, 2.75) is 71.8 Å². The van der Waals surface area contributed by atoms with Crippen LogP contribution in [-0.2, 0) is 12.8 Å². The number of nitrogens with one attached hydrogen (secondary N) is 1. The number of fused-ring (bicyclic) bond motifs is 1. The van der Waals surface area contributed by atoms with Crippen molar-refractivity contribution >= 4 is 23.2 Å². The van der Waals surface area contributed by atoms with E-state index in [1.54, 1.807) is 12.1 Å². The first kappa shape index (κ1) is 29.1. The van der Waals surface area contributed by atoms with Crippen molar-refractivity contribution in [3.63, 3.8) is 0 Å². The minimum Gasteiger partial charge on any atom is -0.384 e. The van der Waals surface area contributed by atoms with E-state index in [-0.39, 0.29) is 17.4 Å². The second-order valence-electron chi connectivity index (χ2n) is 11.7. The molecule has 208 valence electrons. The van der Waals surface area contributed by atoms with Crippen LogP contribution in [0.1, 0.15) is 86.0 Å². The second kappa shape index (κ2) is 13.0. The van der Waals surface area contributed by atoms with E-state index in [0.717, 1.165) is 68.0 Å². The number of amides is 1. The molecule has 0 saturated heterocycles. The number of hydrogen-bond donors (Lipinski definition) is 1. The Hall–Kier alpha value is -2.92. The fraction of sp³-hybridized carbons (Fsp3) is 0.424. The first-order chi connectivity index (χ1) is 18.6. The Morgan fingerprint density at radius 3 is 2.51 bits per heavy atom. The summed E-state index contributed by atoms with van der Waals surface area (Å²) in [6, 6.07) is 17.6. The first-order valence-electron chi connectivity index (χ1n) is 14.0. The molecule has 6 heteroatoms. The molecule has 4 rings (SSSR count). The van der Waals surface area contributed by atoms with Crippen LogP contribution in [0.15, 0.2) is 60.7 Å². The lowest BCUT2D eigenvalue weighted by Crippen LogP contribution is -2.37.